The smallest absolute Gasteiger partial charge is 0.349 e. The van der Waals surface area contributed by atoms with Gasteiger partial charge in [-0.3, -0.25) is 14.2 Å². The second-order valence-corrected chi connectivity index (χ2v) is 6.70. The number of rotatable bonds is 4. The van der Waals surface area contributed by atoms with E-state index in [0.717, 1.165) is 18.4 Å². The van der Waals surface area contributed by atoms with E-state index in [1.165, 1.54) is 19.2 Å². The van der Waals surface area contributed by atoms with Crippen molar-refractivity contribution in [1.82, 2.24) is 9.55 Å². The molecule has 1 saturated heterocycles. The third-order valence-corrected chi connectivity index (χ3v) is 4.74. The maximum atomic E-state index is 15.2. The highest BCUT2D eigenvalue weighted by Gasteiger charge is 2.82. The number of carbonyl (C=O) groups is 2. The molecule has 2 aliphatic rings. The van der Waals surface area contributed by atoms with Gasteiger partial charge in [-0.05, 0) is 13.0 Å². The van der Waals surface area contributed by atoms with Gasteiger partial charge in [-0.25, -0.2) is 4.79 Å². The Labute approximate surface area is 152 Å². The van der Waals surface area contributed by atoms with Crippen molar-refractivity contribution in [2.45, 2.75) is 63.1 Å². The summed E-state index contributed by atoms with van der Waals surface area (Å²) in [6.07, 6.45) is -3.40. The molecule has 1 spiro atoms. The van der Waals surface area contributed by atoms with Crippen LogP contribution in [0.1, 0.15) is 33.2 Å². The van der Waals surface area contributed by atoms with Crippen molar-refractivity contribution in [2.24, 2.45) is 0 Å². The first kappa shape index (κ1) is 19.2. The van der Waals surface area contributed by atoms with E-state index in [9.17, 15) is 14.4 Å². The van der Waals surface area contributed by atoms with Crippen LogP contribution in [-0.4, -0.2) is 51.3 Å². The molecule has 1 saturated carbocycles. The predicted octanol–water partition coefficient (Wildman–Crippen LogP) is 0.426. The van der Waals surface area contributed by atoms with Crippen LogP contribution in [0.15, 0.2) is 17.1 Å². The molecule has 2 fully saturated rings. The molecule has 2 N–H and O–H groups in total. The summed E-state index contributed by atoms with van der Waals surface area (Å²) < 4.78 is 46.8. The van der Waals surface area contributed by atoms with Crippen LogP contribution in [-0.2, 0) is 23.8 Å². The molecule has 1 aliphatic heterocycles. The van der Waals surface area contributed by atoms with Gasteiger partial charge in [-0.15, -0.1) is 0 Å². The van der Waals surface area contributed by atoms with Crippen molar-refractivity contribution >= 4 is 17.8 Å². The van der Waals surface area contributed by atoms with Gasteiger partial charge >= 0.3 is 23.6 Å². The summed E-state index contributed by atoms with van der Waals surface area (Å²) in [7, 11) is 0. The number of nitrogen functional groups attached to an aromatic ring is 1. The van der Waals surface area contributed by atoms with E-state index in [-0.39, 0.29) is 12.2 Å². The molecule has 0 radical (unpaired) electrons. The fraction of sp³-hybridized carbons (Fsp3) is 0.625. The summed E-state index contributed by atoms with van der Waals surface area (Å²) in [4.78, 5) is 38.1. The van der Waals surface area contributed by atoms with Gasteiger partial charge in [0.25, 0.3) is 0 Å². The number of halogens is 2. The molecule has 1 aliphatic carbocycles. The lowest BCUT2D eigenvalue weighted by molar-refractivity contribution is -0.174. The number of hydrogen-bond acceptors (Lipinski definition) is 8. The van der Waals surface area contributed by atoms with Crippen LogP contribution in [0.3, 0.4) is 0 Å². The highest BCUT2D eigenvalue weighted by atomic mass is 19.3. The van der Waals surface area contributed by atoms with Crippen LogP contribution in [0.2, 0.25) is 0 Å². The van der Waals surface area contributed by atoms with Crippen LogP contribution in [0.25, 0.3) is 0 Å². The number of aromatic nitrogens is 2. The molecule has 2 heterocycles. The number of esters is 2. The van der Waals surface area contributed by atoms with E-state index >= 15 is 8.78 Å². The van der Waals surface area contributed by atoms with Gasteiger partial charge in [0, 0.05) is 26.5 Å². The quantitative estimate of drug-likeness (QED) is 0.738. The van der Waals surface area contributed by atoms with E-state index in [1.54, 1.807) is 0 Å². The summed E-state index contributed by atoms with van der Waals surface area (Å²) >= 11 is 0. The molecule has 9 nitrogen and oxygen atoms in total. The predicted molar refractivity (Wildman–Crippen MR) is 85.9 cm³/mol. The molecule has 1 aromatic rings. The zero-order valence-electron chi connectivity index (χ0n) is 14.8. The van der Waals surface area contributed by atoms with Crippen molar-refractivity contribution in [3.8, 4) is 0 Å². The highest BCUT2D eigenvalue weighted by molar-refractivity contribution is 5.67. The number of carbonyl (C=O) groups excluding carboxylic acids is 2. The normalized spacial score (nSPS) is 32.1. The number of nitrogens with zero attached hydrogens (tertiary/aromatic N) is 2. The maximum Gasteiger partial charge on any atom is 0.349 e. The van der Waals surface area contributed by atoms with E-state index in [2.05, 4.69) is 4.98 Å². The highest BCUT2D eigenvalue weighted by Crippen LogP contribution is 2.65. The van der Waals surface area contributed by atoms with Crippen LogP contribution in [0.4, 0.5) is 14.6 Å². The molecule has 1 aromatic heterocycles. The van der Waals surface area contributed by atoms with E-state index in [4.69, 9.17) is 19.9 Å². The Kier molecular flexibility index (Phi) is 4.45. The molecule has 148 valence electrons. The lowest BCUT2D eigenvalue weighted by atomic mass is 10.0. The molecule has 0 aromatic carbocycles. The molecule has 11 heteroatoms. The minimum absolute atomic E-state index is 0.0378. The first-order valence-corrected chi connectivity index (χ1v) is 8.24. The molecular weight excluding hydrogens is 368 g/mol. The molecule has 27 heavy (non-hydrogen) atoms. The van der Waals surface area contributed by atoms with Gasteiger partial charge in [0.05, 0.1) is 6.04 Å². The van der Waals surface area contributed by atoms with Crippen LogP contribution < -0.4 is 11.4 Å². The molecule has 0 bridgehead atoms. The molecule has 0 amide bonds. The third-order valence-electron chi connectivity index (χ3n) is 4.74. The maximum absolute atomic E-state index is 15.2. The van der Waals surface area contributed by atoms with Gasteiger partial charge in [-0.2, -0.15) is 13.8 Å². The Hall–Kier alpha value is -2.56. The van der Waals surface area contributed by atoms with Gasteiger partial charge in [-0.1, -0.05) is 0 Å². The van der Waals surface area contributed by atoms with Gasteiger partial charge in [0.15, 0.2) is 11.7 Å². The zero-order chi connectivity index (χ0) is 20.1. The summed E-state index contributed by atoms with van der Waals surface area (Å²) in [6, 6.07) is 0.281. The standard InChI is InChI=1S/C16H19F2N3O6/c1-7(25-8(2)22)12-13(26-9(3)23)16(17,18)15(27-12)6-10(15)21-5-4-11(19)20-14(21)24/h4-5,7,10,12-13H,6H2,1-3H3,(H2,19,20,24)/t7?,10?,12-,13-,15?/m1/s1. The minimum Gasteiger partial charge on any atom is -0.460 e. The Morgan fingerprint density at radius 3 is 2.63 bits per heavy atom. The van der Waals surface area contributed by atoms with Crippen molar-refractivity contribution in [2.75, 3.05) is 5.73 Å². The summed E-state index contributed by atoms with van der Waals surface area (Å²) in [5.41, 5.74) is 2.55. The lowest BCUT2D eigenvalue weighted by Crippen LogP contribution is -2.47. The number of alkyl halides is 2. The van der Waals surface area contributed by atoms with E-state index in [0.29, 0.717) is 0 Å². The summed E-state index contributed by atoms with van der Waals surface area (Å²) in [6.45, 7) is 3.49. The Bertz CT molecular complexity index is 844. The average molecular weight is 387 g/mol. The Morgan fingerprint density at radius 2 is 2.07 bits per heavy atom. The van der Waals surface area contributed by atoms with E-state index < -0.39 is 53.5 Å². The van der Waals surface area contributed by atoms with Gasteiger partial charge in [0.1, 0.15) is 18.0 Å². The second-order valence-electron chi connectivity index (χ2n) is 6.70. The van der Waals surface area contributed by atoms with E-state index in [1.807, 2.05) is 0 Å². The minimum atomic E-state index is -3.62. The SMILES string of the molecule is CC(=O)OC(C)[C@H]1OC2(CC2n2ccc(N)nc2=O)C(F)(F)[C@@H]1OC(C)=O. The topological polar surface area (TPSA) is 123 Å². The van der Waals surface area contributed by atoms with Gasteiger partial charge < -0.3 is 19.9 Å². The number of nitrogens with two attached hydrogens (primary N) is 1. The van der Waals surface area contributed by atoms with Gasteiger partial charge in [0.2, 0.25) is 0 Å². The van der Waals surface area contributed by atoms with Crippen molar-refractivity contribution in [3.63, 3.8) is 0 Å². The number of anilines is 1. The van der Waals surface area contributed by atoms with Crippen LogP contribution in [0.5, 0.6) is 0 Å². The second kappa shape index (κ2) is 6.25. The average Bonchev–Trinajstić information content (AvgIpc) is 3.20. The first-order chi connectivity index (χ1) is 12.5. The zero-order valence-corrected chi connectivity index (χ0v) is 14.8. The number of ether oxygens (including phenoxy) is 3. The fourth-order valence-corrected chi connectivity index (χ4v) is 3.52. The fourth-order valence-electron chi connectivity index (χ4n) is 3.52. The van der Waals surface area contributed by atoms with Crippen LogP contribution >= 0.6 is 0 Å². The molecular formula is C16H19F2N3O6. The lowest BCUT2D eigenvalue weighted by Gasteiger charge is -2.25. The molecule has 3 unspecified atom stereocenters. The summed E-state index contributed by atoms with van der Waals surface area (Å²) in [5, 5.41) is 0. The van der Waals surface area contributed by atoms with Crippen LogP contribution in [0, 0.1) is 0 Å². The molecule has 5 atom stereocenters. The largest absolute Gasteiger partial charge is 0.460 e. The molecule has 3 rings (SSSR count). The van der Waals surface area contributed by atoms with Crippen molar-refractivity contribution in [3.05, 3.63) is 22.7 Å². The summed E-state index contributed by atoms with van der Waals surface area (Å²) in [5.74, 6) is -5.28. The number of hydrogen-bond donors (Lipinski definition) is 1. The Morgan fingerprint density at radius 1 is 1.41 bits per heavy atom. The monoisotopic (exact) mass is 387 g/mol. The Balaban J connectivity index is 1.96. The first-order valence-electron chi connectivity index (χ1n) is 8.24. The van der Waals surface area contributed by atoms with Crippen molar-refractivity contribution in [1.29, 1.82) is 0 Å². The third kappa shape index (κ3) is 3.05. The van der Waals surface area contributed by atoms with Crippen molar-refractivity contribution < 1.29 is 32.6 Å².